The zero-order valence-electron chi connectivity index (χ0n) is 12.5. The molecule has 0 aliphatic heterocycles. The van der Waals surface area contributed by atoms with Crippen molar-refractivity contribution in [3.63, 3.8) is 0 Å². The van der Waals surface area contributed by atoms with Crippen molar-refractivity contribution < 1.29 is 32.8 Å². The lowest BCUT2D eigenvalue weighted by atomic mass is 10.1. The van der Waals surface area contributed by atoms with Gasteiger partial charge in [0.15, 0.2) is 0 Å². The number of hydrogen-bond donors (Lipinski definition) is 2. The van der Waals surface area contributed by atoms with E-state index in [1.807, 2.05) is 0 Å². The molecule has 0 spiro atoms. The van der Waals surface area contributed by atoms with Crippen LogP contribution in [-0.4, -0.2) is 40.5 Å². The Morgan fingerprint density at radius 3 is 2.46 bits per heavy atom. The number of carboxylic acid groups (broad SMARTS) is 1. The number of nitro benzene ring substituents is 1. The molecule has 0 aliphatic carbocycles. The van der Waals surface area contributed by atoms with Gasteiger partial charge in [-0.1, -0.05) is 0 Å². The lowest BCUT2D eigenvalue weighted by Gasteiger charge is -2.17. The van der Waals surface area contributed by atoms with Gasteiger partial charge in [-0.15, -0.1) is 0 Å². The minimum Gasteiger partial charge on any atom is -0.481 e. The Kier molecular flexibility index (Phi) is 6.09. The maximum atomic E-state index is 12.7. The number of benzene rings is 1. The van der Waals surface area contributed by atoms with E-state index in [-0.39, 0.29) is 25.1 Å². The predicted molar refractivity (Wildman–Crippen MR) is 75.2 cm³/mol. The number of amides is 2. The van der Waals surface area contributed by atoms with Crippen LogP contribution in [0.2, 0.25) is 0 Å². The smallest absolute Gasteiger partial charge is 0.416 e. The lowest BCUT2D eigenvalue weighted by Crippen LogP contribution is -2.38. The van der Waals surface area contributed by atoms with Crippen molar-refractivity contribution in [1.82, 2.24) is 10.2 Å². The normalized spacial score (nSPS) is 11.0. The van der Waals surface area contributed by atoms with Crippen molar-refractivity contribution in [2.24, 2.45) is 0 Å². The summed E-state index contributed by atoms with van der Waals surface area (Å²) in [6, 6.07) is 1.32. The van der Waals surface area contributed by atoms with Crippen molar-refractivity contribution in [1.29, 1.82) is 0 Å². The number of carbonyl (C=O) groups excluding carboxylic acids is 1. The molecule has 0 bridgehead atoms. The molecule has 2 amide bonds. The molecule has 0 unspecified atom stereocenters. The van der Waals surface area contributed by atoms with E-state index in [4.69, 9.17) is 5.11 Å². The van der Waals surface area contributed by atoms with Gasteiger partial charge < -0.3 is 15.3 Å². The third kappa shape index (κ3) is 5.74. The first-order valence-electron chi connectivity index (χ1n) is 6.57. The molecule has 8 nitrogen and oxygen atoms in total. The number of halogens is 3. The predicted octanol–water partition coefficient (Wildman–Crippen LogP) is 2.23. The van der Waals surface area contributed by atoms with E-state index >= 15 is 0 Å². The standard InChI is InChI=1S/C13H14F3N3O5/c1-18(3-2-11(20)21)12(22)17-7-8-4-9(13(14,15)16)6-10(5-8)19(23)24/h4-6H,2-3,7H2,1H3,(H,17,22)(H,20,21). The van der Waals surface area contributed by atoms with Gasteiger partial charge in [-0.05, 0) is 11.6 Å². The molecule has 0 saturated heterocycles. The second kappa shape index (κ2) is 7.62. The average Bonchev–Trinajstić information content (AvgIpc) is 2.48. The first-order valence-corrected chi connectivity index (χ1v) is 6.57. The largest absolute Gasteiger partial charge is 0.481 e. The van der Waals surface area contributed by atoms with Crippen LogP contribution in [0.15, 0.2) is 18.2 Å². The number of urea groups is 1. The minimum atomic E-state index is -4.76. The Morgan fingerprint density at radius 1 is 1.33 bits per heavy atom. The van der Waals surface area contributed by atoms with Gasteiger partial charge in [0.1, 0.15) is 0 Å². The topological polar surface area (TPSA) is 113 Å². The van der Waals surface area contributed by atoms with Gasteiger partial charge in [0, 0.05) is 32.3 Å². The Balaban J connectivity index is 2.83. The van der Waals surface area contributed by atoms with E-state index in [1.54, 1.807) is 0 Å². The van der Waals surface area contributed by atoms with E-state index in [1.165, 1.54) is 7.05 Å². The highest BCUT2D eigenvalue weighted by atomic mass is 19.4. The molecule has 132 valence electrons. The van der Waals surface area contributed by atoms with Crippen LogP contribution >= 0.6 is 0 Å². The quantitative estimate of drug-likeness (QED) is 0.604. The zero-order valence-corrected chi connectivity index (χ0v) is 12.5. The minimum absolute atomic E-state index is 0.0933. The molecule has 11 heteroatoms. The monoisotopic (exact) mass is 349 g/mol. The van der Waals surface area contributed by atoms with Crippen LogP contribution in [0.4, 0.5) is 23.7 Å². The second-order valence-electron chi connectivity index (χ2n) is 4.87. The van der Waals surface area contributed by atoms with Crippen molar-refractivity contribution >= 4 is 17.7 Å². The highest BCUT2D eigenvalue weighted by molar-refractivity contribution is 5.75. The van der Waals surface area contributed by atoms with E-state index in [0.29, 0.717) is 12.1 Å². The summed E-state index contributed by atoms with van der Waals surface area (Å²) in [5, 5.41) is 21.5. The summed E-state index contributed by atoms with van der Waals surface area (Å²) in [6.07, 6.45) is -5.05. The van der Waals surface area contributed by atoms with Crippen LogP contribution in [0.3, 0.4) is 0 Å². The molecule has 0 aliphatic rings. The Bertz CT molecular complexity index is 648. The Labute approximate surface area is 134 Å². The van der Waals surface area contributed by atoms with Crippen LogP contribution in [-0.2, 0) is 17.5 Å². The van der Waals surface area contributed by atoms with Crippen molar-refractivity contribution in [3.05, 3.63) is 39.4 Å². The number of alkyl halides is 3. The maximum Gasteiger partial charge on any atom is 0.416 e. The second-order valence-corrected chi connectivity index (χ2v) is 4.87. The summed E-state index contributed by atoms with van der Waals surface area (Å²) in [6.45, 7) is -0.467. The van der Waals surface area contributed by atoms with Crippen LogP contribution in [0.1, 0.15) is 17.5 Å². The number of hydrogen-bond acceptors (Lipinski definition) is 4. The van der Waals surface area contributed by atoms with Gasteiger partial charge in [0.05, 0.1) is 16.9 Å². The van der Waals surface area contributed by atoms with Crippen LogP contribution in [0.5, 0.6) is 0 Å². The molecule has 0 atom stereocenters. The van der Waals surface area contributed by atoms with Gasteiger partial charge in [0.25, 0.3) is 5.69 Å². The van der Waals surface area contributed by atoms with Crippen LogP contribution in [0.25, 0.3) is 0 Å². The molecule has 0 fully saturated rings. The van der Waals surface area contributed by atoms with E-state index in [0.717, 1.165) is 11.0 Å². The number of nitrogens with zero attached hydrogens (tertiary/aromatic N) is 2. The number of rotatable bonds is 6. The van der Waals surface area contributed by atoms with Crippen molar-refractivity contribution in [3.8, 4) is 0 Å². The van der Waals surface area contributed by atoms with Crippen molar-refractivity contribution in [2.75, 3.05) is 13.6 Å². The van der Waals surface area contributed by atoms with Crippen molar-refractivity contribution in [2.45, 2.75) is 19.1 Å². The molecular weight excluding hydrogens is 335 g/mol. The fraction of sp³-hybridized carbons (Fsp3) is 0.385. The number of nitro groups is 1. The van der Waals surface area contributed by atoms with Gasteiger partial charge in [-0.3, -0.25) is 14.9 Å². The first-order chi connectivity index (χ1) is 11.0. The SMILES string of the molecule is CN(CCC(=O)O)C(=O)NCc1cc([N+](=O)[O-])cc(C(F)(F)F)c1. The average molecular weight is 349 g/mol. The number of non-ortho nitro benzene ring substituents is 1. The first kappa shape index (κ1) is 19.2. The number of carbonyl (C=O) groups is 2. The molecule has 24 heavy (non-hydrogen) atoms. The van der Waals surface area contributed by atoms with Gasteiger partial charge in [-0.2, -0.15) is 13.2 Å². The molecule has 1 aromatic carbocycles. The van der Waals surface area contributed by atoms with Crippen LogP contribution in [0, 0.1) is 10.1 Å². The summed E-state index contributed by atoms with van der Waals surface area (Å²) in [4.78, 5) is 32.9. The molecule has 1 aromatic rings. The summed E-state index contributed by atoms with van der Waals surface area (Å²) >= 11 is 0. The molecule has 0 radical (unpaired) electrons. The molecular formula is C13H14F3N3O5. The number of aliphatic carboxylic acids is 1. The Morgan fingerprint density at radius 2 is 1.96 bits per heavy atom. The molecule has 2 N–H and O–H groups in total. The third-order valence-corrected chi connectivity index (χ3v) is 2.97. The summed E-state index contributed by atoms with van der Waals surface area (Å²) in [7, 11) is 1.31. The van der Waals surface area contributed by atoms with Gasteiger partial charge >= 0.3 is 18.2 Å². The van der Waals surface area contributed by atoms with E-state index in [9.17, 15) is 32.9 Å². The molecule has 0 aromatic heterocycles. The van der Waals surface area contributed by atoms with Crippen LogP contribution < -0.4 is 5.32 Å². The fourth-order valence-electron chi connectivity index (χ4n) is 1.72. The zero-order chi connectivity index (χ0) is 18.5. The molecule has 1 rings (SSSR count). The highest BCUT2D eigenvalue weighted by Gasteiger charge is 2.32. The Hall–Kier alpha value is -2.85. The summed E-state index contributed by atoms with van der Waals surface area (Å²) in [5.41, 5.74) is -2.04. The number of nitrogens with one attached hydrogen (secondary N) is 1. The molecule has 0 heterocycles. The molecule has 0 saturated carbocycles. The summed E-state index contributed by atoms with van der Waals surface area (Å²) in [5.74, 6) is -1.11. The summed E-state index contributed by atoms with van der Waals surface area (Å²) < 4.78 is 38.2. The maximum absolute atomic E-state index is 12.7. The van der Waals surface area contributed by atoms with Gasteiger partial charge in [0.2, 0.25) is 0 Å². The van der Waals surface area contributed by atoms with E-state index < -0.39 is 34.4 Å². The fourth-order valence-corrected chi connectivity index (χ4v) is 1.72. The van der Waals surface area contributed by atoms with E-state index in [2.05, 4.69) is 5.32 Å². The van der Waals surface area contributed by atoms with Gasteiger partial charge in [-0.25, -0.2) is 4.79 Å². The number of carboxylic acids is 1. The lowest BCUT2D eigenvalue weighted by molar-refractivity contribution is -0.385. The highest BCUT2D eigenvalue weighted by Crippen LogP contribution is 2.32. The third-order valence-electron chi connectivity index (χ3n) is 2.97.